The Bertz CT molecular complexity index is 1460. The third-order valence-corrected chi connectivity index (χ3v) is 6.49. The first-order chi connectivity index (χ1) is 15.8. The predicted octanol–water partition coefficient (Wildman–Crippen LogP) is 3.73. The number of carbonyl (C=O) groups is 1. The Hall–Kier alpha value is -4.18. The zero-order valence-corrected chi connectivity index (χ0v) is 18.3. The molecule has 0 radical (unpaired) electrons. The summed E-state index contributed by atoms with van der Waals surface area (Å²) in [7, 11) is -2.57. The monoisotopic (exact) mass is 465 g/mol. The highest BCUT2D eigenvalue weighted by atomic mass is 32.2. The summed E-state index contributed by atoms with van der Waals surface area (Å²) in [4.78, 5) is 23.2. The van der Waals surface area contributed by atoms with Gasteiger partial charge in [-0.1, -0.05) is 24.3 Å². The van der Waals surface area contributed by atoms with Gasteiger partial charge in [-0.3, -0.25) is 14.9 Å². The molecule has 0 spiro atoms. The van der Waals surface area contributed by atoms with Crippen molar-refractivity contribution in [2.45, 2.75) is 11.4 Å². The Morgan fingerprint density at radius 2 is 1.82 bits per heavy atom. The molecule has 1 aromatic heterocycles. The number of nitro groups is 1. The van der Waals surface area contributed by atoms with E-state index in [0.29, 0.717) is 23.4 Å². The van der Waals surface area contributed by atoms with Crippen molar-refractivity contribution in [3.8, 4) is 5.75 Å². The summed E-state index contributed by atoms with van der Waals surface area (Å²) < 4.78 is 34.2. The highest BCUT2D eigenvalue weighted by molar-refractivity contribution is 7.90. The van der Waals surface area contributed by atoms with Gasteiger partial charge in [0.25, 0.3) is 21.6 Å². The Morgan fingerprint density at radius 3 is 2.52 bits per heavy atom. The predicted molar refractivity (Wildman–Crippen MR) is 122 cm³/mol. The zero-order valence-electron chi connectivity index (χ0n) is 17.5. The van der Waals surface area contributed by atoms with Gasteiger partial charge in [-0.25, -0.2) is 13.1 Å². The minimum atomic E-state index is -4.01. The molecule has 0 aliphatic rings. The van der Waals surface area contributed by atoms with Crippen LogP contribution in [0.2, 0.25) is 0 Å². The molecule has 0 aliphatic carbocycles. The Balaban J connectivity index is 1.60. The van der Waals surface area contributed by atoms with Crippen LogP contribution >= 0.6 is 0 Å². The van der Waals surface area contributed by atoms with Crippen LogP contribution in [0.3, 0.4) is 0 Å². The van der Waals surface area contributed by atoms with Gasteiger partial charge in [0.15, 0.2) is 0 Å². The highest BCUT2D eigenvalue weighted by Crippen LogP contribution is 2.26. The van der Waals surface area contributed by atoms with Crippen LogP contribution in [0.1, 0.15) is 15.9 Å². The Kier molecular flexibility index (Phi) is 5.84. The van der Waals surface area contributed by atoms with Gasteiger partial charge in [-0.15, -0.1) is 0 Å². The number of fused-ring (bicyclic) bond motifs is 1. The van der Waals surface area contributed by atoms with E-state index in [-0.39, 0.29) is 16.1 Å². The number of amides is 1. The molecule has 1 amide bonds. The van der Waals surface area contributed by atoms with Gasteiger partial charge in [0.1, 0.15) is 5.75 Å². The smallest absolute Gasteiger partial charge is 0.271 e. The summed E-state index contributed by atoms with van der Waals surface area (Å²) in [5.41, 5.74) is 1.50. The largest absolute Gasteiger partial charge is 0.496 e. The number of aromatic nitrogens is 1. The summed E-state index contributed by atoms with van der Waals surface area (Å²) >= 11 is 0. The van der Waals surface area contributed by atoms with Gasteiger partial charge in [0.05, 0.1) is 29.0 Å². The molecule has 0 bridgehead atoms. The van der Waals surface area contributed by atoms with Crippen LogP contribution in [0.5, 0.6) is 5.75 Å². The number of non-ortho nitro benzene ring substituents is 1. The van der Waals surface area contributed by atoms with Crippen LogP contribution in [-0.4, -0.2) is 30.9 Å². The van der Waals surface area contributed by atoms with E-state index in [0.717, 1.165) is 5.39 Å². The molecule has 0 saturated carbocycles. The normalized spacial score (nSPS) is 11.3. The van der Waals surface area contributed by atoms with E-state index in [2.05, 4.69) is 4.72 Å². The SMILES string of the molecule is COc1cc(C(=O)NS(=O)(=O)c2ccccc2)ccc1Cn1ccc2ccc([N+](=O)[O-])cc21. The number of nitro benzene ring substituents is 1. The number of hydrogen-bond acceptors (Lipinski definition) is 6. The molecule has 168 valence electrons. The summed E-state index contributed by atoms with van der Waals surface area (Å²) in [5, 5.41) is 12.0. The van der Waals surface area contributed by atoms with E-state index < -0.39 is 20.9 Å². The molecule has 0 fully saturated rings. The van der Waals surface area contributed by atoms with Gasteiger partial charge in [-0.2, -0.15) is 0 Å². The van der Waals surface area contributed by atoms with E-state index >= 15 is 0 Å². The van der Waals surface area contributed by atoms with Crippen LogP contribution in [0.15, 0.2) is 83.9 Å². The first kappa shape index (κ1) is 22.0. The molecule has 4 rings (SSSR count). The number of ether oxygens (including phenoxy) is 1. The molecule has 10 heteroatoms. The number of rotatable bonds is 7. The lowest BCUT2D eigenvalue weighted by Crippen LogP contribution is -2.30. The molecule has 3 aromatic carbocycles. The lowest BCUT2D eigenvalue weighted by atomic mass is 10.1. The van der Waals surface area contributed by atoms with Gasteiger partial charge in [0, 0.05) is 34.8 Å². The molecule has 1 N–H and O–H groups in total. The fraction of sp³-hybridized carbons (Fsp3) is 0.0870. The second-order valence-electron chi connectivity index (χ2n) is 7.22. The quantitative estimate of drug-likeness (QED) is 0.328. The molecule has 0 saturated heterocycles. The fourth-order valence-corrected chi connectivity index (χ4v) is 4.46. The van der Waals surface area contributed by atoms with Crippen LogP contribution < -0.4 is 9.46 Å². The second kappa shape index (κ2) is 8.75. The number of hydrogen-bond donors (Lipinski definition) is 1. The maximum Gasteiger partial charge on any atom is 0.271 e. The second-order valence-corrected chi connectivity index (χ2v) is 8.90. The van der Waals surface area contributed by atoms with E-state index in [1.165, 1.54) is 43.5 Å². The van der Waals surface area contributed by atoms with E-state index in [4.69, 9.17) is 4.74 Å². The Morgan fingerprint density at radius 1 is 1.06 bits per heavy atom. The number of sulfonamides is 1. The summed E-state index contributed by atoms with van der Waals surface area (Å²) in [6.07, 6.45) is 1.81. The van der Waals surface area contributed by atoms with Crippen molar-refractivity contribution < 1.29 is 22.9 Å². The number of carbonyl (C=O) groups excluding carboxylic acids is 1. The molecule has 4 aromatic rings. The lowest BCUT2D eigenvalue weighted by Gasteiger charge is -2.13. The molecule has 1 heterocycles. The lowest BCUT2D eigenvalue weighted by molar-refractivity contribution is -0.384. The molecule has 0 aliphatic heterocycles. The first-order valence-corrected chi connectivity index (χ1v) is 11.3. The van der Waals surface area contributed by atoms with Gasteiger partial charge < -0.3 is 9.30 Å². The molecular formula is C23H19N3O6S. The summed E-state index contributed by atoms with van der Waals surface area (Å²) in [6, 6.07) is 18.7. The standard InChI is InChI=1S/C23H19N3O6S/c1-32-22-13-17(23(27)24-33(30,31)20-5-3-2-4-6-20)7-8-18(22)15-25-12-11-16-9-10-19(26(28)29)14-21(16)25/h2-14H,15H2,1H3,(H,24,27). The molecule has 33 heavy (non-hydrogen) atoms. The third-order valence-electron chi connectivity index (χ3n) is 5.14. The van der Waals surface area contributed by atoms with Gasteiger partial charge in [0.2, 0.25) is 0 Å². The van der Waals surface area contributed by atoms with Crippen LogP contribution in [0.4, 0.5) is 5.69 Å². The number of nitrogens with one attached hydrogen (secondary N) is 1. The topological polar surface area (TPSA) is 121 Å². The average molecular weight is 465 g/mol. The van der Waals surface area contributed by atoms with E-state index in [9.17, 15) is 23.3 Å². The molecule has 0 unspecified atom stereocenters. The minimum absolute atomic E-state index is 0.0129. The van der Waals surface area contributed by atoms with Crippen LogP contribution in [-0.2, 0) is 16.6 Å². The third kappa shape index (κ3) is 4.55. The van der Waals surface area contributed by atoms with Crippen molar-refractivity contribution >= 4 is 32.5 Å². The minimum Gasteiger partial charge on any atom is -0.496 e. The number of methoxy groups -OCH3 is 1. The molecular weight excluding hydrogens is 446 g/mol. The van der Waals surface area contributed by atoms with Crippen LogP contribution in [0.25, 0.3) is 10.9 Å². The first-order valence-electron chi connectivity index (χ1n) is 9.81. The van der Waals surface area contributed by atoms with Gasteiger partial charge in [-0.05, 0) is 36.4 Å². The van der Waals surface area contributed by atoms with Crippen molar-refractivity contribution in [1.29, 1.82) is 0 Å². The van der Waals surface area contributed by atoms with E-state index in [1.807, 2.05) is 10.6 Å². The van der Waals surface area contributed by atoms with Crippen molar-refractivity contribution in [1.82, 2.24) is 9.29 Å². The zero-order chi connectivity index (χ0) is 23.6. The molecule has 0 atom stereocenters. The molecule has 9 nitrogen and oxygen atoms in total. The Labute approximate surface area is 189 Å². The van der Waals surface area contributed by atoms with Gasteiger partial charge >= 0.3 is 0 Å². The highest BCUT2D eigenvalue weighted by Gasteiger charge is 2.20. The number of nitrogens with zero attached hydrogens (tertiary/aromatic N) is 2. The van der Waals surface area contributed by atoms with Crippen molar-refractivity contribution in [3.63, 3.8) is 0 Å². The van der Waals surface area contributed by atoms with E-state index in [1.54, 1.807) is 36.5 Å². The summed E-state index contributed by atoms with van der Waals surface area (Å²) in [5.74, 6) is -0.405. The van der Waals surface area contributed by atoms with Crippen molar-refractivity contribution in [2.24, 2.45) is 0 Å². The average Bonchev–Trinajstić information content (AvgIpc) is 3.21. The van der Waals surface area contributed by atoms with Crippen molar-refractivity contribution in [2.75, 3.05) is 7.11 Å². The maximum absolute atomic E-state index is 12.6. The number of benzene rings is 3. The van der Waals surface area contributed by atoms with Crippen LogP contribution in [0, 0.1) is 10.1 Å². The fourth-order valence-electron chi connectivity index (χ4n) is 3.46. The van der Waals surface area contributed by atoms with Crippen molar-refractivity contribution in [3.05, 3.63) is 100 Å². The maximum atomic E-state index is 12.6. The summed E-state index contributed by atoms with van der Waals surface area (Å²) in [6.45, 7) is 0.331.